The van der Waals surface area contributed by atoms with E-state index >= 15 is 0 Å². The summed E-state index contributed by atoms with van der Waals surface area (Å²) in [6.45, 7) is 6.78. The fourth-order valence-corrected chi connectivity index (χ4v) is 1.86. The molecule has 1 aromatic rings. The van der Waals surface area contributed by atoms with Crippen LogP contribution in [0.3, 0.4) is 0 Å². The maximum absolute atomic E-state index is 11.7. The third kappa shape index (κ3) is 7.10. The molecule has 2 nitrogen and oxygen atoms in total. The summed E-state index contributed by atoms with van der Waals surface area (Å²) < 4.78 is 0. The third-order valence-electron chi connectivity index (χ3n) is 2.89. The zero-order chi connectivity index (χ0) is 13.4. The minimum Gasteiger partial charge on any atom is -0.326 e. The lowest BCUT2D eigenvalue weighted by Gasteiger charge is -2.17. The van der Waals surface area contributed by atoms with Crippen molar-refractivity contribution in [3.8, 4) is 0 Å². The van der Waals surface area contributed by atoms with Crippen LogP contribution in [0.25, 0.3) is 0 Å². The third-order valence-corrected chi connectivity index (χ3v) is 2.89. The van der Waals surface area contributed by atoms with E-state index in [0.717, 1.165) is 18.5 Å². The highest BCUT2D eigenvalue weighted by molar-refractivity contribution is 5.90. The van der Waals surface area contributed by atoms with Gasteiger partial charge in [0, 0.05) is 12.1 Å². The number of para-hydroxylation sites is 1. The lowest BCUT2D eigenvalue weighted by molar-refractivity contribution is -0.116. The van der Waals surface area contributed by atoms with E-state index < -0.39 is 0 Å². The highest BCUT2D eigenvalue weighted by atomic mass is 16.1. The number of carbonyl (C=O) groups excluding carboxylic acids is 1. The van der Waals surface area contributed by atoms with Gasteiger partial charge in [-0.05, 0) is 30.4 Å². The zero-order valence-corrected chi connectivity index (χ0v) is 11.8. The molecule has 1 amide bonds. The molecule has 0 saturated heterocycles. The molecule has 0 saturated carbocycles. The highest BCUT2D eigenvalue weighted by Crippen LogP contribution is 2.22. The second kappa shape index (κ2) is 7.20. The molecule has 0 aliphatic carbocycles. The number of hydrogen-bond acceptors (Lipinski definition) is 1. The summed E-state index contributed by atoms with van der Waals surface area (Å²) >= 11 is 0. The molecule has 0 heterocycles. The normalized spacial score (nSPS) is 11.3. The molecule has 1 N–H and O–H groups in total. The van der Waals surface area contributed by atoms with Crippen molar-refractivity contribution in [1.82, 2.24) is 0 Å². The van der Waals surface area contributed by atoms with Crippen LogP contribution in [0, 0.1) is 5.41 Å². The summed E-state index contributed by atoms with van der Waals surface area (Å²) in [5, 5.41) is 2.91. The average molecular weight is 247 g/mol. The van der Waals surface area contributed by atoms with Gasteiger partial charge in [0.05, 0.1) is 0 Å². The predicted octanol–water partition coefficient (Wildman–Crippen LogP) is 4.62. The Bertz CT molecular complexity index is 351. The first-order valence-corrected chi connectivity index (χ1v) is 6.82. The zero-order valence-electron chi connectivity index (χ0n) is 11.8. The Labute approximate surface area is 111 Å². The van der Waals surface area contributed by atoms with E-state index in [1.807, 2.05) is 30.3 Å². The van der Waals surface area contributed by atoms with Crippen LogP contribution < -0.4 is 5.32 Å². The second-order valence-corrected chi connectivity index (χ2v) is 6.04. The Balaban J connectivity index is 2.11. The van der Waals surface area contributed by atoms with E-state index in [4.69, 9.17) is 0 Å². The van der Waals surface area contributed by atoms with Crippen LogP contribution in [-0.4, -0.2) is 5.91 Å². The number of carbonyl (C=O) groups is 1. The first-order chi connectivity index (χ1) is 8.47. The van der Waals surface area contributed by atoms with Gasteiger partial charge in [0.15, 0.2) is 0 Å². The van der Waals surface area contributed by atoms with Gasteiger partial charge in [-0.1, -0.05) is 51.8 Å². The molecule has 0 atom stereocenters. The molecule has 1 aromatic carbocycles. The van der Waals surface area contributed by atoms with Gasteiger partial charge in [-0.3, -0.25) is 4.79 Å². The summed E-state index contributed by atoms with van der Waals surface area (Å²) in [6.07, 6.45) is 5.18. The van der Waals surface area contributed by atoms with E-state index in [1.54, 1.807) is 0 Å². The summed E-state index contributed by atoms with van der Waals surface area (Å²) in [5.41, 5.74) is 1.30. The van der Waals surface area contributed by atoms with Crippen molar-refractivity contribution in [2.24, 2.45) is 5.41 Å². The Morgan fingerprint density at radius 3 is 2.33 bits per heavy atom. The fraction of sp³-hybridized carbons (Fsp3) is 0.562. The summed E-state index contributed by atoms with van der Waals surface area (Å²) in [4.78, 5) is 11.7. The van der Waals surface area contributed by atoms with Gasteiger partial charge in [-0.15, -0.1) is 0 Å². The lowest BCUT2D eigenvalue weighted by atomic mass is 9.89. The van der Waals surface area contributed by atoms with Crippen LogP contribution >= 0.6 is 0 Å². The molecular formula is C16H25NO. The topological polar surface area (TPSA) is 29.1 Å². The van der Waals surface area contributed by atoms with Gasteiger partial charge in [0.25, 0.3) is 0 Å². The molecule has 100 valence electrons. The summed E-state index contributed by atoms with van der Waals surface area (Å²) in [6, 6.07) is 9.63. The first-order valence-electron chi connectivity index (χ1n) is 6.82. The minimum absolute atomic E-state index is 0.122. The molecule has 0 spiro atoms. The number of amides is 1. The molecular weight excluding hydrogens is 222 g/mol. The number of rotatable bonds is 6. The van der Waals surface area contributed by atoms with Crippen molar-refractivity contribution in [3.05, 3.63) is 30.3 Å². The maximum atomic E-state index is 11.7. The molecule has 2 heteroatoms. The summed E-state index contributed by atoms with van der Waals surface area (Å²) in [7, 11) is 0. The minimum atomic E-state index is 0.122. The molecule has 18 heavy (non-hydrogen) atoms. The molecule has 0 aliphatic heterocycles. The van der Waals surface area contributed by atoms with Crippen molar-refractivity contribution in [1.29, 1.82) is 0 Å². The molecule has 0 fully saturated rings. The van der Waals surface area contributed by atoms with Crippen molar-refractivity contribution in [3.63, 3.8) is 0 Å². The van der Waals surface area contributed by atoms with Crippen molar-refractivity contribution in [2.75, 3.05) is 5.32 Å². The van der Waals surface area contributed by atoms with Gasteiger partial charge >= 0.3 is 0 Å². The monoisotopic (exact) mass is 247 g/mol. The van der Waals surface area contributed by atoms with E-state index in [2.05, 4.69) is 26.1 Å². The molecule has 0 aliphatic rings. The van der Waals surface area contributed by atoms with Gasteiger partial charge < -0.3 is 5.32 Å². The largest absolute Gasteiger partial charge is 0.326 e. The van der Waals surface area contributed by atoms with Crippen LogP contribution in [0.15, 0.2) is 30.3 Å². The fourth-order valence-electron chi connectivity index (χ4n) is 1.86. The molecule has 0 radical (unpaired) electrons. The Morgan fingerprint density at radius 2 is 1.72 bits per heavy atom. The average Bonchev–Trinajstić information content (AvgIpc) is 2.28. The van der Waals surface area contributed by atoms with Gasteiger partial charge in [-0.2, -0.15) is 0 Å². The first kappa shape index (κ1) is 14.7. The standard InChI is InChI=1S/C16H25NO/c1-16(2,3)13-9-5-8-12-15(18)17-14-10-6-4-7-11-14/h4,6-7,10-11H,5,8-9,12-13H2,1-3H3,(H,17,18). The van der Waals surface area contributed by atoms with Crippen LogP contribution in [0.1, 0.15) is 52.9 Å². The van der Waals surface area contributed by atoms with Crippen molar-refractivity contribution >= 4 is 11.6 Å². The lowest BCUT2D eigenvalue weighted by Crippen LogP contribution is -2.11. The van der Waals surface area contributed by atoms with Crippen molar-refractivity contribution in [2.45, 2.75) is 52.9 Å². The van der Waals surface area contributed by atoms with Crippen LogP contribution in [0.5, 0.6) is 0 Å². The van der Waals surface area contributed by atoms with Crippen LogP contribution in [0.4, 0.5) is 5.69 Å². The van der Waals surface area contributed by atoms with Crippen LogP contribution in [-0.2, 0) is 4.79 Å². The van der Waals surface area contributed by atoms with Gasteiger partial charge in [0.2, 0.25) is 5.91 Å². The number of anilines is 1. The maximum Gasteiger partial charge on any atom is 0.224 e. The van der Waals surface area contributed by atoms with E-state index in [9.17, 15) is 4.79 Å². The molecule has 0 bridgehead atoms. The highest BCUT2D eigenvalue weighted by Gasteiger charge is 2.09. The molecule has 1 rings (SSSR count). The quantitative estimate of drug-likeness (QED) is 0.730. The number of benzene rings is 1. The van der Waals surface area contributed by atoms with Gasteiger partial charge in [-0.25, -0.2) is 0 Å². The van der Waals surface area contributed by atoms with Crippen molar-refractivity contribution < 1.29 is 4.79 Å². The van der Waals surface area contributed by atoms with E-state index in [1.165, 1.54) is 12.8 Å². The Morgan fingerprint density at radius 1 is 1.06 bits per heavy atom. The molecule has 0 aromatic heterocycles. The number of unbranched alkanes of at least 4 members (excludes halogenated alkanes) is 2. The van der Waals surface area contributed by atoms with Gasteiger partial charge in [0.1, 0.15) is 0 Å². The van der Waals surface area contributed by atoms with E-state index in [0.29, 0.717) is 11.8 Å². The van der Waals surface area contributed by atoms with E-state index in [-0.39, 0.29) is 5.91 Å². The Hall–Kier alpha value is -1.31. The number of nitrogens with one attached hydrogen (secondary N) is 1. The predicted molar refractivity (Wildman–Crippen MR) is 77.6 cm³/mol. The number of hydrogen-bond donors (Lipinski definition) is 1. The SMILES string of the molecule is CC(C)(C)CCCCCC(=O)Nc1ccccc1. The smallest absolute Gasteiger partial charge is 0.224 e. The molecule has 0 unspecified atom stereocenters. The Kier molecular flexibility index (Phi) is 5.90. The second-order valence-electron chi connectivity index (χ2n) is 6.04. The van der Waals surface area contributed by atoms with Crippen LogP contribution in [0.2, 0.25) is 0 Å². The summed E-state index contributed by atoms with van der Waals surface area (Å²) in [5.74, 6) is 0.122.